The Morgan fingerprint density at radius 1 is 1.07 bits per heavy atom. The van der Waals surface area contributed by atoms with E-state index in [1.807, 2.05) is 0 Å². The molecule has 0 bridgehead atoms. The minimum Gasteiger partial charge on any atom is -0.478 e. The van der Waals surface area contributed by atoms with Gasteiger partial charge >= 0.3 is 5.97 Å². The number of rotatable bonds is 9. The number of benzene rings is 2. The van der Waals surface area contributed by atoms with E-state index in [9.17, 15) is 23.5 Å². The molecule has 2 aromatic carbocycles. The summed E-state index contributed by atoms with van der Waals surface area (Å²) in [7, 11) is 0. The summed E-state index contributed by atoms with van der Waals surface area (Å²) in [5.41, 5.74) is 0. The smallest absolute Gasteiger partial charge is 0.346 e. The Labute approximate surface area is 159 Å². The first-order valence-electron chi connectivity index (χ1n) is 8.16. The maximum atomic E-state index is 12.9. The molecule has 0 aliphatic heterocycles. The summed E-state index contributed by atoms with van der Waals surface area (Å²) in [5.74, 6) is -2.10. The molecule has 5 nitrogen and oxygen atoms in total. The SMILES string of the molecule is CC(CSc1ccc(F)cc1)C(=O)NCC(Oc1ccc(F)cc1)C(=O)O. The maximum absolute atomic E-state index is 12.9. The van der Waals surface area contributed by atoms with Gasteiger partial charge in [-0.15, -0.1) is 11.8 Å². The van der Waals surface area contributed by atoms with Gasteiger partial charge in [0.2, 0.25) is 12.0 Å². The number of amides is 1. The van der Waals surface area contributed by atoms with Crippen LogP contribution in [-0.2, 0) is 9.59 Å². The quantitative estimate of drug-likeness (QED) is 0.637. The van der Waals surface area contributed by atoms with Crippen molar-refractivity contribution < 1.29 is 28.2 Å². The van der Waals surface area contributed by atoms with Gasteiger partial charge in [-0.25, -0.2) is 13.6 Å². The van der Waals surface area contributed by atoms with Crippen LogP contribution >= 0.6 is 11.8 Å². The highest BCUT2D eigenvalue weighted by Gasteiger charge is 2.22. The number of aliphatic carboxylic acids is 1. The fraction of sp³-hybridized carbons (Fsp3) is 0.263. The highest BCUT2D eigenvalue weighted by atomic mass is 32.2. The van der Waals surface area contributed by atoms with Crippen molar-refractivity contribution >= 4 is 23.6 Å². The van der Waals surface area contributed by atoms with E-state index >= 15 is 0 Å². The van der Waals surface area contributed by atoms with Crippen LogP contribution in [0.5, 0.6) is 5.75 Å². The third-order valence-corrected chi connectivity index (χ3v) is 4.86. The van der Waals surface area contributed by atoms with Gasteiger partial charge in [0, 0.05) is 16.6 Å². The second-order valence-electron chi connectivity index (χ2n) is 5.81. The van der Waals surface area contributed by atoms with E-state index in [4.69, 9.17) is 4.74 Å². The third-order valence-electron chi connectivity index (χ3n) is 3.59. The molecule has 0 aliphatic rings. The summed E-state index contributed by atoms with van der Waals surface area (Å²) in [5, 5.41) is 11.8. The fourth-order valence-corrected chi connectivity index (χ4v) is 2.97. The standard InChI is InChI=1S/C19H19F2NO4S/c1-12(11-27-16-8-4-14(21)5-9-16)18(23)22-10-17(19(24)25)26-15-6-2-13(20)3-7-15/h2-9,12,17H,10-11H2,1H3,(H,22,23)(H,24,25). The number of thioether (sulfide) groups is 1. The van der Waals surface area contributed by atoms with Crippen LogP contribution in [-0.4, -0.2) is 35.4 Å². The van der Waals surface area contributed by atoms with Crippen LogP contribution < -0.4 is 10.1 Å². The van der Waals surface area contributed by atoms with Crippen molar-refractivity contribution in [1.29, 1.82) is 0 Å². The number of carbonyl (C=O) groups is 2. The summed E-state index contributed by atoms with van der Waals surface area (Å²) in [4.78, 5) is 24.3. The molecule has 8 heteroatoms. The number of carboxylic acids is 1. The number of ether oxygens (including phenoxy) is 1. The van der Waals surface area contributed by atoms with Gasteiger partial charge in [0.15, 0.2) is 0 Å². The zero-order valence-electron chi connectivity index (χ0n) is 14.5. The summed E-state index contributed by atoms with van der Waals surface area (Å²) in [6, 6.07) is 10.9. The lowest BCUT2D eigenvalue weighted by atomic mass is 10.2. The minimum absolute atomic E-state index is 0.193. The van der Waals surface area contributed by atoms with Gasteiger partial charge in [-0.3, -0.25) is 4.79 Å². The van der Waals surface area contributed by atoms with E-state index in [0.717, 1.165) is 17.0 Å². The Bertz CT molecular complexity index is 768. The van der Waals surface area contributed by atoms with Gasteiger partial charge in [0.05, 0.1) is 6.54 Å². The Morgan fingerprint density at radius 3 is 2.19 bits per heavy atom. The zero-order valence-corrected chi connectivity index (χ0v) is 15.3. The number of carbonyl (C=O) groups excluding carboxylic acids is 1. The molecule has 0 aliphatic carbocycles. The van der Waals surface area contributed by atoms with Crippen LogP contribution in [0.2, 0.25) is 0 Å². The Morgan fingerprint density at radius 2 is 1.63 bits per heavy atom. The first kappa shape index (κ1) is 20.7. The predicted molar refractivity (Wildman–Crippen MR) is 97.7 cm³/mol. The lowest BCUT2D eigenvalue weighted by Gasteiger charge is -2.17. The van der Waals surface area contributed by atoms with E-state index in [2.05, 4.69) is 5.32 Å². The van der Waals surface area contributed by atoms with E-state index in [1.54, 1.807) is 19.1 Å². The van der Waals surface area contributed by atoms with Gasteiger partial charge in [0.1, 0.15) is 17.4 Å². The summed E-state index contributed by atoms with van der Waals surface area (Å²) >= 11 is 1.40. The third kappa shape index (κ3) is 6.90. The Hall–Kier alpha value is -2.61. The molecule has 2 unspecified atom stereocenters. The van der Waals surface area contributed by atoms with Crippen LogP contribution in [0.15, 0.2) is 53.4 Å². The highest BCUT2D eigenvalue weighted by Crippen LogP contribution is 2.21. The molecule has 2 atom stereocenters. The van der Waals surface area contributed by atoms with Gasteiger partial charge in [-0.05, 0) is 48.5 Å². The molecular weight excluding hydrogens is 376 g/mol. The van der Waals surface area contributed by atoms with E-state index in [-0.39, 0.29) is 29.9 Å². The van der Waals surface area contributed by atoms with Gasteiger partial charge in [-0.1, -0.05) is 6.92 Å². The van der Waals surface area contributed by atoms with Crippen molar-refractivity contribution in [3.05, 3.63) is 60.2 Å². The first-order chi connectivity index (χ1) is 12.8. The fourth-order valence-electron chi connectivity index (χ4n) is 2.05. The van der Waals surface area contributed by atoms with Crippen LogP contribution in [0.25, 0.3) is 0 Å². The molecule has 2 rings (SSSR count). The van der Waals surface area contributed by atoms with Gasteiger partial charge in [-0.2, -0.15) is 0 Å². The van der Waals surface area contributed by atoms with Crippen molar-refractivity contribution in [2.24, 2.45) is 5.92 Å². The Balaban J connectivity index is 1.82. The predicted octanol–water partition coefficient (Wildman–Crippen LogP) is 3.34. The van der Waals surface area contributed by atoms with E-state index in [0.29, 0.717) is 5.75 Å². The lowest BCUT2D eigenvalue weighted by molar-refractivity contribution is -0.145. The molecule has 0 fully saturated rings. The zero-order chi connectivity index (χ0) is 19.8. The molecule has 0 aromatic heterocycles. The van der Waals surface area contributed by atoms with Gasteiger partial charge in [0.25, 0.3) is 0 Å². The molecule has 2 aromatic rings. The molecule has 27 heavy (non-hydrogen) atoms. The van der Waals surface area contributed by atoms with E-state index < -0.39 is 17.9 Å². The molecule has 144 valence electrons. The van der Waals surface area contributed by atoms with Crippen molar-refractivity contribution in [2.45, 2.75) is 17.9 Å². The largest absolute Gasteiger partial charge is 0.478 e. The second kappa shape index (κ2) is 9.91. The number of nitrogens with one attached hydrogen (secondary N) is 1. The Kier molecular flexibility index (Phi) is 7.60. The van der Waals surface area contributed by atoms with Crippen molar-refractivity contribution in [3.8, 4) is 5.75 Å². The van der Waals surface area contributed by atoms with Crippen LogP contribution in [0.1, 0.15) is 6.92 Å². The molecule has 2 N–H and O–H groups in total. The van der Waals surface area contributed by atoms with Crippen LogP contribution in [0.3, 0.4) is 0 Å². The summed E-state index contributed by atoms with van der Waals surface area (Å²) in [6.45, 7) is 1.49. The maximum Gasteiger partial charge on any atom is 0.346 e. The average molecular weight is 395 g/mol. The highest BCUT2D eigenvalue weighted by molar-refractivity contribution is 7.99. The topological polar surface area (TPSA) is 75.6 Å². The monoisotopic (exact) mass is 395 g/mol. The lowest BCUT2D eigenvalue weighted by Crippen LogP contribution is -2.42. The molecular formula is C19H19F2NO4S. The van der Waals surface area contributed by atoms with Crippen molar-refractivity contribution in [3.63, 3.8) is 0 Å². The molecule has 0 radical (unpaired) electrons. The first-order valence-corrected chi connectivity index (χ1v) is 9.15. The number of hydrogen-bond acceptors (Lipinski definition) is 4. The van der Waals surface area contributed by atoms with Crippen molar-refractivity contribution in [2.75, 3.05) is 12.3 Å². The average Bonchev–Trinajstić information content (AvgIpc) is 2.65. The number of hydrogen-bond donors (Lipinski definition) is 2. The number of carboxylic acid groups (broad SMARTS) is 1. The minimum atomic E-state index is -1.30. The molecule has 0 saturated heterocycles. The molecule has 1 amide bonds. The normalized spacial score (nSPS) is 12.9. The van der Waals surface area contributed by atoms with Crippen molar-refractivity contribution in [1.82, 2.24) is 5.32 Å². The molecule has 0 saturated carbocycles. The second-order valence-corrected chi connectivity index (χ2v) is 6.90. The number of halogens is 2. The molecule has 0 heterocycles. The van der Waals surface area contributed by atoms with E-state index in [1.165, 1.54) is 36.0 Å². The molecule has 0 spiro atoms. The van der Waals surface area contributed by atoms with Crippen LogP contribution in [0.4, 0.5) is 8.78 Å². The van der Waals surface area contributed by atoms with Crippen LogP contribution in [0, 0.1) is 17.6 Å². The summed E-state index contributed by atoms with van der Waals surface area (Å²) in [6.07, 6.45) is -1.30. The summed E-state index contributed by atoms with van der Waals surface area (Å²) < 4.78 is 31.1. The van der Waals surface area contributed by atoms with Gasteiger partial charge < -0.3 is 15.2 Å².